The molecule has 0 aromatic carbocycles. The van der Waals surface area contributed by atoms with Crippen molar-refractivity contribution in [2.45, 2.75) is 215 Å². The zero-order valence-corrected chi connectivity index (χ0v) is 55.8. The third kappa shape index (κ3) is 26.2. The van der Waals surface area contributed by atoms with Crippen LogP contribution in [-0.4, -0.2) is 76.2 Å². The molecule has 2 aliphatic carbocycles. The van der Waals surface area contributed by atoms with Crippen molar-refractivity contribution in [3.05, 3.63) is 36.0 Å². The summed E-state index contributed by atoms with van der Waals surface area (Å²) in [6, 6.07) is 0. The van der Waals surface area contributed by atoms with Crippen molar-refractivity contribution in [2.24, 2.45) is 80.8 Å². The number of nitrogens with two attached hydrogens (primary N) is 1. The van der Waals surface area contributed by atoms with Gasteiger partial charge in [0.05, 0.1) is 0 Å². The van der Waals surface area contributed by atoms with Gasteiger partial charge in [-0.15, -0.1) is 6.54 Å². The van der Waals surface area contributed by atoms with Gasteiger partial charge < -0.3 is 52.5 Å². The topological polar surface area (TPSA) is 285 Å². The minimum Gasteiger partial charge on any atom is -0.693 e. The molecule has 0 aromatic rings. The first kappa shape index (κ1) is 83.7. The first-order valence-corrected chi connectivity index (χ1v) is 25.0. The van der Waals surface area contributed by atoms with Gasteiger partial charge in [-0.05, 0) is 94.7 Å². The van der Waals surface area contributed by atoms with Crippen LogP contribution in [0.5, 0.6) is 0 Å². The maximum atomic E-state index is 11.8. The van der Waals surface area contributed by atoms with E-state index < -0.39 is 47.3 Å². The molecule has 0 bridgehead atoms. The Kier molecular flexibility index (Phi) is 40.2. The molecule has 2 aliphatic rings. The number of carboxylic acids is 2. The molecule has 2 fully saturated rings. The Hall–Kier alpha value is -0.647. The van der Waals surface area contributed by atoms with Gasteiger partial charge in [-0.3, -0.25) is 14.4 Å². The Morgan fingerprint density at radius 2 is 0.863 bits per heavy atom. The number of carbonyl (C=O) groups excluding carboxylic acids is 4. The van der Waals surface area contributed by atoms with E-state index in [2.05, 4.69) is 89.7 Å². The molecule has 6 unspecified atom stereocenters. The van der Waals surface area contributed by atoms with E-state index >= 15 is 0 Å². The molecule has 16 nitrogen and oxygen atoms in total. The van der Waals surface area contributed by atoms with Crippen LogP contribution in [0.2, 0.25) is 0 Å². The van der Waals surface area contributed by atoms with Gasteiger partial charge in [0.25, 0.3) is 0 Å². The molecule has 7 N–H and O–H groups in total. The number of amides is 2. The molecule has 10 atom stereocenters. The summed E-state index contributed by atoms with van der Waals surface area (Å²) in [6.07, 6.45) is 0.961. The van der Waals surface area contributed by atoms with Crippen molar-refractivity contribution in [1.29, 1.82) is 0 Å². The third-order valence-electron chi connectivity index (χ3n) is 14.5. The summed E-state index contributed by atoms with van der Waals surface area (Å²) in [7, 11) is 0. The van der Waals surface area contributed by atoms with Crippen molar-refractivity contribution in [3.8, 4) is 0 Å². The van der Waals surface area contributed by atoms with Crippen LogP contribution >= 0.6 is 0 Å². The SMILES string of the molecule is C.C=CC(=O)O[C@]1(C(=O)O)CCC(C(C)C)C1C(C)C.CC(C)C1CC[C@](OC(=O)CC[NH-])(C(=O)O)C1C(C)C.C[C@H](C(OC([NH-])=O)C(C)(C)C)C(C)(C)C.C[C@H](C(OC([NH-])=O)C(C)(C)C)C(C)(C)C.[K+].[K+].[NH2-]. The zero-order chi connectivity index (χ0) is 55.2. The Morgan fingerprint density at radius 3 is 1.05 bits per heavy atom. The van der Waals surface area contributed by atoms with Gasteiger partial charge in [-0.2, -0.15) is 0 Å². The molecule has 420 valence electrons. The molecular formula is C55H104K2N4O12-2. The van der Waals surface area contributed by atoms with Crippen LogP contribution in [-0.2, 0) is 38.1 Å². The molecule has 0 radical (unpaired) electrons. The van der Waals surface area contributed by atoms with Gasteiger partial charge in [0, 0.05) is 24.3 Å². The van der Waals surface area contributed by atoms with E-state index in [4.69, 9.17) is 36.1 Å². The van der Waals surface area contributed by atoms with Gasteiger partial charge in [-0.1, -0.05) is 166 Å². The minimum atomic E-state index is -1.41. The van der Waals surface area contributed by atoms with E-state index in [1.54, 1.807) is 0 Å². The van der Waals surface area contributed by atoms with Crippen molar-refractivity contribution in [1.82, 2.24) is 0 Å². The number of ether oxygens (including phenoxy) is 4. The number of hydrogen-bond donors (Lipinski definition) is 2. The van der Waals surface area contributed by atoms with Crippen molar-refractivity contribution < 1.29 is 161 Å². The molecule has 2 amide bonds. The van der Waals surface area contributed by atoms with Gasteiger partial charge in [0.15, 0.2) is 0 Å². The van der Waals surface area contributed by atoms with E-state index in [0.29, 0.717) is 24.7 Å². The predicted molar refractivity (Wildman–Crippen MR) is 286 cm³/mol. The normalized spacial score (nSPS) is 23.2. The summed E-state index contributed by atoms with van der Waals surface area (Å²) in [5, 5.41) is 19.3. The average molecular weight is 1090 g/mol. The molecule has 0 spiro atoms. The molecule has 18 heteroatoms. The summed E-state index contributed by atoms with van der Waals surface area (Å²) in [5.74, 6) is -1.70. The second-order valence-corrected chi connectivity index (χ2v) is 25.1. The molecule has 0 heterocycles. The minimum absolute atomic E-state index is 0. The third-order valence-corrected chi connectivity index (χ3v) is 14.5. The van der Waals surface area contributed by atoms with E-state index in [-0.39, 0.29) is 211 Å². The first-order chi connectivity index (χ1) is 30.9. The summed E-state index contributed by atoms with van der Waals surface area (Å²) in [6.45, 7) is 48.6. The van der Waals surface area contributed by atoms with Crippen molar-refractivity contribution in [2.75, 3.05) is 6.54 Å². The molecule has 73 heavy (non-hydrogen) atoms. The number of nitrogens with one attached hydrogen (secondary N) is 3. The fraction of sp³-hybridized carbons (Fsp3) is 0.855. The van der Waals surface area contributed by atoms with E-state index in [1.165, 1.54) is 0 Å². The molecular weight excluding hydrogens is 987 g/mol. The maximum absolute atomic E-state index is 11.8. The van der Waals surface area contributed by atoms with Crippen LogP contribution in [0.1, 0.15) is 192 Å². The predicted octanol–water partition coefficient (Wildman–Crippen LogP) is 9.92. The van der Waals surface area contributed by atoms with Gasteiger partial charge >= 0.3 is 127 Å². The Morgan fingerprint density at radius 1 is 0.575 bits per heavy atom. The van der Waals surface area contributed by atoms with Gasteiger partial charge in [0.1, 0.15) is 12.2 Å². The van der Waals surface area contributed by atoms with Crippen molar-refractivity contribution in [3.63, 3.8) is 0 Å². The Balaban J connectivity index is -0.000000203. The number of aliphatic carboxylic acids is 2. The van der Waals surface area contributed by atoms with E-state index in [1.807, 2.05) is 69.2 Å². The van der Waals surface area contributed by atoms with Crippen molar-refractivity contribution >= 4 is 36.1 Å². The quantitative estimate of drug-likeness (QED) is 0.0670. The van der Waals surface area contributed by atoms with E-state index in [0.717, 1.165) is 18.9 Å². The standard InChI is InChI=1S/C15H26NO4.C15H24O4.2C12H25NO2.CH4.2K.H2N/c1-9(2)11-5-7-15(14(18)19,13(11)10(3)4)20-12(17)6-8-16;1-6-12(16)19-15(14(17)18)8-7-11(9(2)3)13(15)10(4)5;2*1-8(11(2,3)4)9(12(5,6)7)15-10(13)14;;;;/h9-11,13,16H,5-8H2,1-4H3,(H,18,19);6,9-11,13H,1,7-8H2,2-5H3,(H,17,18);2*8-9H,1-7H3,(H2,13,14);1H4;;;1H2/q-1;;;;;2*+1;-1/p-2/t2*11?,13?,15-;2*8-,9?;;;;/m1111..../s1. The van der Waals surface area contributed by atoms with E-state index in [9.17, 15) is 39.0 Å². The largest absolute Gasteiger partial charge is 1.00 e. The first-order valence-electron chi connectivity index (χ1n) is 25.0. The number of carboxylic acid groups (broad SMARTS) is 2. The van der Waals surface area contributed by atoms with Gasteiger partial charge in [0.2, 0.25) is 23.4 Å². The molecule has 0 aliphatic heterocycles. The van der Waals surface area contributed by atoms with Gasteiger partial charge in [-0.25, -0.2) is 14.4 Å². The van der Waals surface area contributed by atoms with Crippen LogP contribution in [0, 0.1) is 80.8 Å². The summed E-state index contributed by atoms with van der Waals surface area (Å²) >= 11 is 0. The second-order valence-electron chi connectivity index (χ2n) is 25.1. The second kappa shape index (κ2) is 35.1. The van der Waals surface area contributed by atoms with Crippen LogP contribution in [0.15, 0.2) is 12.7 Å². The van der Waals surface area contributed by atoms with Crippen LogP contribution in [0.3, 0.4) is 0 Å². The summed E-state index contributed by atoms with van der Waals surface area (Å²) in [5.41, 5.74) is 18.0. The molecule has 2 saturated carbocycles. The number of hydrogen-bond acceptors (Lipinski definition) is 10. The zero-order valence-electron chi connectivity index (χ0n) is 49.5. The molecule has 0 saturated heterocycles. The summed E-state index contributed by atoms with van der Waals surface area (Å²) < 4.78 is 21.0. The van der Waals surface area contributed by atoms with Crippen LogP contribution < -0.4 is 103 Å². The number of rotatable bonds is 15. The van der Waals surface area contributed by atoms with Crippen LogP contribution in [0.25, 0.3) is 23.4 Å². The molecule has 0 aromatic heterocycles. The smallest absolute Gasteiger partial charge is 0.693 e. The Bertz CT molecular complexity index is 1630. The fourth-order valence-corrected chi connectivity index (χ4v) is 10.3. The maximum Gasteiger partial charge on any atom is 1.00 e. The number of esters is 2. The fourth-order valence-electron chi connectivity index (χ4n) is 10.3. The number of carbonyl (C=O) groups is 6. The monoisotopic (exact) mass is 1090 g/mol. The summed E-state index contributed by atoms with van der Waals surface area (Å²) in [4.78, 5) is 68.4. The van der Waals surface area contributed by atoms with Crippen LogP contribution in [0.4, 0.5) is 9.59 Å². The average Bonchev–Trinajstić information content (AvgIpc) is 3.76. The molecule has 2 rings (SSSR count). The Labute approximate surface area is 529 Å².